The third-order valence-electron chi connectivity index (χ3n) is 6.13. The number of aliphatic hydroxyl groups is 1. The zero-order valence-corrected chi connectivity index (χ0v) is 23.7. The lowest BCUT2D eigenvalue weighted by Crippen LogP contribution is -2.29. The average molecular weight is 567 g/mol. The van der Waals surface area contributed by atoms with Crippen molar-refractivity contribution in [2.45, 2.75) is 33.7 Å². The van der Waals surface area contributed by atoms with Gasteiger partial charge in [-0.3, -0.25) is 14.5 Å². The van der Waals surface area contributed by atoms with Crippen molar-refractivity contribution in [3.05, 3.63) is 69.7 Å². The second-order valence-electron chi connectivity index (χ2n) is 8.60. The van der Waals surface area contributed by atoms with Gasteiger partial charge in [0, 0.05) is 5.56 Å². The number of esters is 1. The lowest BCUT2D eigenvalue weighted by molar-refractivity contribution is -0.132. The van der Waals surface area contributed by atoms with Gasteiger partial charge in [0.25, 0.3) is 5.78 Å². The quantitative estimate of drug-likeness (QED) is 0.155. The van der Waals surface area contributed by atoms with Gasteiger partial charge in [-0.25, -0.2) is 9.78 Å². The highest BCUT2D eigenvalue weighted by Gasteiger charge is 2.48. The van der Waals surface area contributed by atoms with Gasteiger partial charge in [0.1, 0.15) is 16.4 Å². The van der Waals surface area contributed by atoms with E-state index < -0.39 is 23.7 Å². The minimum Gasteiger partial charge on any atom is -0.507 e. The van der Waals surface area contributed by atoms with Gasteiger partial charge in [0.05, 0.1) is 44.2 Å². The summed E-state index contributed by atoms with van der Waals surface area (Å²) in [6.45, 7) is 8.37. The zero-order chi connectivity index (χ0) is 29.0. The zero-order valence-electron chi connectivity index (χ0n) is 22.8. The molecule has 1 atom stereocenters. The smallest absolute Gasteiger partial charge is 0.350 e. The number of thiazole rings is 1. The van der Waals surface area contributed by atoms with E-state index in [-0.39, 0.29) is 21.3 Å². The molecule has 1 saturated heterocycles. The van der Waals surface area contributed by atoms with E-state index in [0.717, 1.165) is 11.3 Å². The number of aromatic nitrogens is 1. The van der Waals surface area contributed by atoms with Crippen molar-refractivity contribution in [2.24, 2.45) is 0 Å². The van der Waals surface area contributed by atoms with Gasteiger partial charge < -0.3 is 24.1 Å². The van der Waals surface area contributed by atoms with E-state index in [9.17, 15) is 19.5 Å². The molecule has 0 spiro atoms. The van der Waals surface area contributed by atoms with Gasteiger partial charge in [-0.05, 0) is 69.7 Å². The van der Waals surface area contributed by atoms with Crippen LogP contribution < -0.4 is 19.1 Å². The van der Waals surface area contributed by atoms with Crippen LogP contribution in [0.3, 0.4) is 0 Å². The molecular formula is C29H30N2O8S. The molecule has 1 aliphatic rings. The largest absolute Gasteiger partial charge is 0.507 e. The topological polar surface area (TPSA) is 124 Å². The SMILES string of the molecule is CCOc1ccc(/C(O)=C2\C(=O)C(=O)N(c3nc(C)c(C(=O)OC)s3)C2c2ccc(OCC)c(OCC)c2)cc1. The van der Waals surface area contributed by atoms with E-state index in [0.29, 0.717) is 53.9 Å². The number of hydrogen-bond acceptors (Lipinski definition) is 10. The number of nitrogens with zero attached hydrogens (tertiary/aromatic N) is 2. The number of anilines is 1. The Bertz CT molecular complexity index is 1460. The van der Waals surface area contributed by atoms with Crippen molar-refractivity contribution in [2.75, 3.05) is 31.8 Å². The standard InChI is InChI=1S/C29H30N2O8S/c1-6-37-19-12-9-17(10-13-19)24(32)22-23(18-11-14-20(38-7-2)21(15-18)39-8-3)31(27(34)25(22)33)29-30-16(4)26(40-29)28(35)36-5/h9-15,23,32H,6-8H2,1-5H3/b24-22+. The Labute approximate surface area is 235 Å². The first-order valence-corrected chi connectivity index (χ1v) is 13.6. The molecule has 210 valence electrons. The van der Waals surface area contributed by atoms with Crippen LogP contribution >= 0.6 is 11.3 Å². The maximum atomic E-state index is 13.5. The van der Waals surface area contributed by atoms with E-state index in [1.165, 1.54) is 12.0 Å². The van der Waals surface area contributed by atoms with E-state index in [2.05, 4.69) is 4.98 Å². The van der Waals surface area contributed by atoms with Crippen molar-refractivity contribution < 1.29 is 38.4 Å². The molecule has 4 rings (SSSR count). The van der Waals surface area contributed by atoms with Crippen LogP contribution in [0.15, 0.2) is 48.0 Å². The number of ether oxygens (including phenoxy) is 4. The molecule has 1 aliphatic heterocycles. The monoisotopic (exact) mass is 566 g/mol. The molecule has 1 fully saturated rings. The van der Waals surface area contributed by atoms with Crippen LogP contribution in [0.2, 0.25) is 0 Å². The first kappa shape index (κ1) is 28.6. The van der Waals surface area contributed by atoms with E-state index in [4.69, 9.17) is 18.9 Å². The highest BCUT2D eigenvalue weighted by atomic mass is 32.1. The molecule has 2 heterocycles. The molecule has 10 nitrogen and oxygen atoms in total. The lowest BCUT2D eigenvalue weighted by Gasteiger charge is -2.24. The van der Waals surface area contributed by atoms with Crippen molar-refractivity contribution >= 4 is 39.9 Å². The summed E-state index contributed by atoms with van der Waals surface area (Å²) in [5.74, 6) is -1.25. The van der Waals surface area contributed by atoms with E-state index in [1.54, 1.807) is 49.4 Å². The predicted molar refractivity (Wildman–Crippen MR) is 149 cm³/mol. The Kier molecular flexibility index (Phi) is 8.73. The molecule has 1 N–H and O–H groups in total. The molecule has 1 aromatic heterocycles. The van der Waals surface area contributed by atoms with Crippen LogP contribution in [-0.2, 0) is 14.3 Å². The summed E-state index contributed by atoms with van der Waals surface area (Å²) >= 11 is 0.927. The van der Waals surface area contributed by atoms with Gasteiger partial charge in [-0.1, -0.05) is 17.4 Å². The molecule has 3 aromatic rings. The summed E-state index contributed by atoms with van der Waals surface area (Å²) in [4.78, 5) is 45.1. The molecule has 0 radical (unpaired) electrons. The third-order valence-corrected chi connectivity index (χ3v) is 7.27. The van der Waals surface area contributed by atoms with Gasteiger partial charge >= 0.3 is 11.9 Å². The van der Waals surface area contributed by atoms with Crippen molar-refractivity contribution in [3.8, 4) is 17.2 Å². The van der Waals surface area contributed by atoms with E-state index >= 15 is 0 Å². The number of carbonyl (C=O) groups is 3. The highest BCUT2D eigenvalue weighted by Crippen LogP contribution is 2.45. The minimum atomic E-state index is -1.07. The van der Waals surface area contributed by atoms with Gasteiger partial charge in [-0.2, -0.15) is 0 Å². The van der Waals surface area contributed by atoms with E-state index in [1.807, 2.05) is 20.8 Å². The van der Waals surface area contributed by atoms with Crippen LogP contribution in [0, 0.1) is 6.92 Å². The number of hydrogen-bond donors (Lipinski definition) is 1. The number of aliphatic hydroxyl groups excluding tert-OH is 1. The maximum absolute atomic E-state index is 13.5. The fourth-order valence-electron chi connectivity index (χ4n) is 4.38. The third kappa shape index (κ3) is 5.37. The fraction of sp³-hybridized carbons (Fsp3) is 0.310. The van der Waals surface area contributed by atoms with Crippen LogP contribution in [-0.4, -0.2) is 54.7 Å². The second kappa shape index (κ2) is 12.2. The Hall–Kier alpha value is -4.38. The normalized spacial score (nSPS) is 16.2. The highest BCUT2D eigenvalue weighted by molar-refractivity contribution is 7.17. The maximum Gasteiger partial charge on any atom is 0.350 e. The van der Waals surface area contributed by atoms with Crippen LogP contribution in [0.4, 0.5) is 5.13 Å². The minimum absolute atomic E-state index is 0.114. The Morgan fingerprint density at radius 3 is 2.25 bits per heavy atom. The number of aryl methyl sites for hydroxylation is 1. The first-order chi connectivity index (χ1) is 19.2. The van der Waals surface area contributed by atoms with Gasteiger partial charge in [0.15, 0.2) is 16.6 Å². The molecule has 11 heteroatoms. The molecule has 1 unspecified atom stereocenters. The van der Waals surface area contributed by atoms with Gasteiger partial charge in [-0.15, -0.1) is 0 Å². The summed E-state index contributed by atoms with van der Waals surface area (Å²) in [6, 6.07) is 10.5. The Morgan fingerprint density at radius 1 is 0.975 bits per heavy atom. The molecule has 1 amide bonds. The number of benzene rings is 2. The molecular weight excluding hydrogens is 536 g/mol. The number of ketones is 1. The molecule has 0 saturated carbocycles. The molecule has 0 aliphatic carbocycles. The number of methoxy groups -OCH3 is 1. The summed E-state index contributed by atoms with van der Waals surface area (Å²) in [6.07, 6.45) is 0. The molecule has 0 bridgehead atoms. The summed E-state index contributed by atoms with van der Waals surface area (Å²) < 4.78 is 21.8. The van der Waals surface area contributed by atoms with Gasteiger partial charge in [0.2, 0.25) is 0 Å². The number of Topliss-reactive ketones (excluding diaryl/α,β-unsaturated/α-hetero) is 1. The van der Waals surface area contributed by atoms with Crippen molar-refractivity contribution in [3.63, 3.8) is 0 Å². The predicted octanol–water partition coefficient (Wildman–Crippen LogP) is 5.06. The fourth-order valence-corrected chi connectivity index (χ4v) is 5.39. The summed E-state index contributed by atoms with van der Waals surface area (Å²) in [5, 5.41) is 11.5. The second-order valence-corrected chi connectivity index (χ2v) is 9.58. The first-order valence-electron chi connectivity index (χ1n) is 12.7. The van der Waals surface area contributed by atoms with Crippen LogP contribution in [0.1, 0.15) is 53.3 Å². The average Bonchev–Trinajstić information content (AvgIpc) is 3.46. The number of rotatable bonds is 10. The lowest BCUT2D eigenvalue weighted by atomic mass is 9.95. The Balaban J connectivity index is 1.93. The number of amides is 1. The van der Waals surface area contributed by atoms with Crippen molar-refractivity contribution in [1.29, 1.82) is 0 Å². The molecule has 2 aromatic carbocycles. The number of carbonyl (C=O) groups excluding carboxylic acids is 3. The summed E-state index contributed by atoms with van der Waals surface area (Å²) in [5.41, 5.74) is 1.02. The van der Waals surface area contributed by atoms with Crippen LogP contribution in [0.5, 0.6) is 17.2 Å². The van der Waals surface area contributed by atoms with Crippen LogP contribution in [0.25, 0.3) is 5.76 Å². The van der Waals surface area contributed by atoms with Crippen molar-refractivity contribution in [1.82, 2.24) is 4.98 Å². The Morgan fingerprint density at radius 2 is 1.62 bits per heavy atom. The summed E-state index contributed by atoms with van der Waals surface area (Å²) in [7, 11) is 1.25. The molecule has 40 heavy (non-hydrogen) atoms.